The minimum atomic E-state index is -0.702. The summed E-state index contributed by atoms with van der Waals surface area (Å²) >= 11 is 3.21. The molecule has 0 aliphatic rings. The fraction of sp³-hybridized carbons (Fsp3) is 0.188. The van der Waals surface area contributed by atoms with E-state index in [0.29, 0.717) is 10.2 Å². The van der Waals surface area contributed by atoms with Crippen LogP contribution >= 0.6 is 15.9 Å². The lowest BCUT2D eigenvalue weighted by Gasteiger charge is -2.16. The van der Waals surface area contributed by atoms with E-state index in [1.165, 1.54) is 18.2 Å². The molecule has 0 saturated heterocycles. The Labute approximate surface area is 131 Å². The zero-order valence-electron chi connectivity index (χ0n) is 11.7. The van der Waals surface area contributed by atoms with Crippen molar-refractivity contribution in [3.63, 3.8) is 0 Å². The van der Waals surface area contributed by atoms with Crippen LogP contribution in [0.15, 0.2) is 46.9 Å². The Balaban J connectivity index is 2.04. The van der Waals surface area contributed by atoms with E-state index in [-0.39, 0.29) is 11.7 Å². The molecule has 0 saturated carbocycles. The minimum Gasteiger partial charge on any atom is -0.480 e. The predicted octanol–water partition coefficient (Wildman–Crippen LogP) is 4.30. The molecule has 1 N–H and O–H groups in total. The van der Waals surface area contributed by atoms with E-state index in [1.54, 1.807) is 6.92 Å². The van der Waals surface area contributed by atoms with E-state index < -0.39 is 6.10 Å². The van der Waals surface area contributed by atoms with Crippen LogP contribution in [0.2, 0.25) is 0 Å². The molecule has 2 aromatic rings. The Morgan fingerprint density at radius 1 is 1.29 bits per heavy atom. The van der Waals surface area contributed by atoms with Gasteiger partial charge in [-0.3, -0.25) is 4.79 Å². The van der Waals surface area contributed by atoms with Crippen molar-refractivity contribution >= 4 is 27.5 Å². The summed E-state index contributed by atoms with van der Waals surface area (Å²) in [5.41, 5.74) is 1.72. The first-order valence-electron chi connectivity index (χ1n) is 6.45. The number of carbonyl (C=O) groups excluding carboxylic acids is 1. The number of hydrogen-bond donors (Lipinski definition) is 1. The lowest BCUT2D eigenvalue weighted by molar-refractivity contribution is -0.122. The van der Waals surface area contributed by atoms with Crippen molar-refractivity contribution in [3.05, 3.63) is 58.3 Å². The second-order valence-corrected chi connectivity index (χ2v) is 5.49. The van der Waals surface area contributed by atoms with Crippen LogP contribution in [0.3, 0.4) is 0 Å². The number of ether oxygens (including phenoxy) is 1. The molecule has 0 aliphatic heterocycles. The first-order chi connectivity index (χ1) is 9.97. The minimum absolute atomic E-state index is 0.263. The van der Waals surface area contributed by atoms with Gasteiger partial charge in [0.05, 0.1) is 4.47 Å². The molecule has 1 atom stereocenters. The van der Waals surface area contributed by atoms with Crippen molar-refractivity contribution in [2.75, 3.05) is 5.32 Å². The fourth-order valence-corrected chi connectivity index (χ4v) is 2.21. The quantitative estimate of drug-likeness (QED) is 0.891. The van der Waals surface area contributed by atoms with Gasteiger partial charge in [-0.15, -0.1) is 0 Å². The van der Waals surface area contributed by atoms with Gasteiger partial charge in [-0.1, -0.05) is 18.2 Å². The van der Waals surface area contributed by atoms with E-state index in [9.17, 15) is 9.18 Å². The highest BCUT2D eigenvalue weighted by Crippen LogP contribution is 2.26. The molecule has 1 unspecified atom stereocenters. The van der Waals surface area contributed by atoms with E-state index in [0.717, 1.165) is 11.3 Å². The number of rotatable bonds is 4. The zero-order valence-corrected chi connectivity index (χ0v) is 13.3. The maximum atomic E-state index is 13.0. The Hall–Kier alpha value is -1.88. The van der Waals surface area contributed by atoms with Gasteiger partial charge in [-0.2, -0.15) is 0 Å². The Morgan fingerprint density at radius 2 is 2.00 bits per heavy atom. The van der Waals surface area contributed by atoms with Crippen LogP contribution in [-0.4, -0.2) is 12.0 Å². The highest BCUT2D eigenvalue weighted by atomic mass is 79.9. The number of aryl methyl sites for hydroxylation is 1. The number of hydrogen-bond acceptors (Lipinski definition) is 2. The first-order valence-corrected chi connectivity index (χ1v) is 7.25. The summed E-state index contributed by atoms with van der Waals surface area (Å²) in [6.45, 7) is 3.56. The van der Waals surface area contributed by atoms with Crippen LogP contribution < -0.4 is 10.1 Å². The molecule has 0 fully saturated rings. The molecular formula is C16H15BrFNO2. The number of anilines is 1. The van der Waals surface area contributed by atoms with Gasteiger partial charge in [0.2, 0.25) is 0 Å². The second kappa shape index (κ2) is 6.72. The molecular weight excluding hydrogens is 337 g/mol. The van der Waals surface area contributed by atoms with Crippen molar-refractivity contribution in [1.29, 1.82) is 0 Å². The van der Waals surface area contributed by atoms with Crippen molar-refractivity contribution in [3.8, 4) is 5.75 Å². The van der Waals surface area contributed by atoms with Gasteiger partial charge in [0.25, 0.3) is 5.91 Å². The smallest absolute Gasteiger partial charge is 0.265 e. The molecule has 0 bridgehead atoms. The number of carbonyl (C=O) groups is 1. The average molecular weight is 352 g/mol. The van der Waals surface area contributed by atoms with Crippen molar-refractivity contribution in [1.82, 2.24) is 0 Å². The Kier molecular flexibility index (Phi) is 4.96. The van der Waals surface area contributed by atoms with Crippen LogP contribution in [0.1, 0.15) is 12.5 Å². The molecule has 5 heteroatoms. The van der Waals surface area contributed by atoms with Crippen LogP contribution in [0, 0.1) is 12.7 Å². The molecule has 0 spiro atoms. The topological polar surface area (TPSA) is 38.3 Å². The summed E-state index contributed by atoms with van der Waals surface area (Å²) in [7, 11) is 0. The summed E-state index contributed by atoms with van der Waals surface area (Å²) in [6.07, 6.45) is -0.702. The molecule has 1 amide bonds. The van der Waals surface area contributed by atoms with Gasteiger partial charge >= 0.3 is 0 Å². The number of nitrogens with one attached hydrogen (secondary N) is 1. The Bertz CT molecular complexity index is 660. The molecule has 0 radical (unpaired) electrons. The van der Waals surface area contributed by atoms with Crippen LogP contribution in [0.4, 0.5) is 10.1 Å². The molecule has 2 rings (SSSR count). The first kappa shape index (κ1) is 15.5. The van der Waals surface area contributed by atoms with Crippen molar-refractivity contribution in [2.45, 2.75) is 20.0 Å². The summed E-state index contributed by atoms with van der Waals surface area (Å²) in [6, 6.07) is 11.6. The molecule has 3 nitrogen and oxygen atoms in total. The standard InChI is InChI=1S/C16H15BrFNO2/c1-10-5-3-4-6-14(10)19-16(20)11(2)21-15-8-7-12(18)9-13(15)17/h3-9,11H,1-2H3,(H,19,20). The summed E-state index contributed by atoms with van der Waals surface area (Å²) in [4.78, 5) is 12.1. The van der Waals surface area contributed by atoms with Gasteiger partial charge in [-0.05, 0) is 59.6 Å². The summed E-state index contributed by atoms with van der Waals surface area (Å²) < 4.78 is 19.0. The van der Waals surface area contributed by atoms with Gasteiger partial charge in [0, 0.05) is 5.69 Å². The second-order valence-electron chi connectivity index (χ2n) is 4.64. The van der Waals surface area contributed by atoms with E-state index >= 15 is 0 Å². The summed E-state index contributed by atoms with van der Waals surface area (Å²) in [5, 5.41) is 2.81. The van der Waals surface area contributed by atoms with Crippen LogP contribution in [-0.2, 0) is 4.79 Å². The highest BCUT2D eigenvalue weighted by molar-refractivity contribution is 9.10. The third kappa shape index (κ3) is 4.04. The third-order valence-corrected chi connectivity index (χ3v) is 3.59. The van der Waals surface area contributed by atoms with Gasteiger partial charge in [0.1, 0.15) is 11.6 Å². The number of benzene rings is 2. The van der Waals surface area contributed by atoms with Gasteiger partial charge in [-0.25, -0.2) is 4.39 Å². The predicted molar refractivity (Wildman–Crippen MR) is 84.0 cm³/mol. The summed E-state index contributed by atoms with van der Waals surface area (Å²) in [5.74, 6) is -0.212. The van der Waals surface area contributed by atoms with Crippen molar-refractivity contribution < 1.29 is 13.9 Å². The highest BCUT2D eigenvalue weighted by Gasteiger charge is 2.17. The molecule has 0 aromatic heterocycles. The SMILES string of the molecule is Cc1ccccc1NC(=O)C(C)Oc1ccc(F)cc1Br. The number of para-hydroxylation sites is 1. The maximum Gasteiger partial charge on any atom is 0.265 e. The van der Waals surface area contributed by atoms with Crippen LogP contribution in [0.5, 0.6) is 5.75 Å². The number of amides is 1. The molecule has 110 valence electrons. The van der Waals surface area contributed by atoms with E-state index in [1.807, 2.05) is 31.2 Å². The maximum absolute atomic E-state index is 13.0. The number of halogens is 2. The van der Waals surface area contributed by atoms with Crippen LogP contribution in [0.25, 0.3) is 0 Å². The zero-order chi connectivity index (χ0) is 15.4. The largest absolute Gasteiger partial charge is 0.480 e. The lowest BCUT2D eigenvalue weighted by atomic mass is 10.2. The fourth-order valence-electron chi connectivity index (χ4n) is 1.76. The molecule has 21 heavy (non-hydrogen) atoms. The monoisotopic (exact) mass is 351 g/mol. The molecule has 0 aliphatic carbocycles. The van der Waals surface area contributed by atoms with Gasteiger partial charge in [0.15, 0.2) is 6.10 Å². The average Bonchev–Trinajstić information content (AvgIpc) is 2.44. The lowest BCUT2D eigenvalue weighted by Crippen LogP contribution is -2.30. The van der Waals surface area contributed by atoms with Gasteiger partial charge < -0.3 is 10.1 Å². The Morgan fingerprint density at radius 3 is 2.67 bits per heavy atom. The molecule has 0 heterocycles. The van der Waals surface area contributed by atoms with E-state index in [4.69, 9.17) is 4.74 Å². The van der Waals surface area contributed by atoms with Crippen molar-refractivity contribution in [2.24, 2.45) is 0 Å². The van der Waals surface area contributed by atoms with E-state index in [2.05, 4.69) is 21.2 Å². The normalized spacial score (nSPS) is 11.8. The molecule has 2 aromatic carbocycles. The third-order valence-electron chi connectivity index (χ3n) is 2.97.